The number of unbranched alkanes of at least 4 members (excludes halogenated alkanes) is 1. The van der Waals surface area contributed by atoms with Gasteiger partial charge in [-0.25, -0.2) is 5.84 Å². The van der Waals surface area contributed by atoms with E-state index in [1.807, 2.05) is 0 Å². The first-order valence-electron chi connectivity index (χ1n) is 6.26. The zero-order valence-electron chi connectivity index (χ0n) is 9.91. The van der Waals surface area contributed by atoms with E-state index in [1.54, 1.807) is 0 Å². The molecule has 0 aromatic carbocycles. The third-order valence-corrected chi connectivity index (χ3v) is 3.35. The molecule has 92 valence electrons. The molecule has 5 nitrogen and oxygen atoms in total. The molecule has 16 heavy (non-hydrogen) atoms. The molecule has 2 aliphatic rings. The fraction of sp³-hybridized carbons (Fsp3) is 0.909. The number of ether oxygens (including phenoxy) is 1. The van der Waals surface area contributed by atoms with Crippen molar-refractivity contribution in [2.75, 3.05) is 6.54 Å². The summed E-state index contributed by atoms with van der Waals surface area (Å²) in [6.07, 6.45) is 6.51. The Balaban J connectivity index is 1.80. The van der Waals surface area contributed by atoms with E-state index in [0.717, 1.165) is 32.2 Å². The van der Waals surface area contributed by atoms with Crippen LogP contribution < -0.4 is 16.6 Å². The number of fused-ring (bicyclic) bond motifs is 2. The van der Waals surface area contributed by atoms with Crippen molar-refractivity contribution in [1.29, 1.82) is 0 Å². The Bertz CT molecular complexity index is 256. The normalized spacial score (nSPS) is 33.1. The Morgan fingerprint density at radius 3 is 2.94 bits per heavy atom. The van der Waals surface area contributed by atoms with Crippen LogP contribution in [-0.2, 0) is 4.74 Å². The molecule has 0 amide bonds. The quantitative estimate of drug-likeness (QED) is 0.215. The molecule has 0 aromatic heterocycles. The van der Waals surface area contributed by atoms with Crippen molar-refractivity contribution >= 4 is 5.96 Å². The number of guanidine groups is 1. The second kappa shape index (κ2) is 5.50. The molecule has 2 aliphatic heterocycles. The van der Waals surface area contributed by atoms with Crippen molar-refractivity contribution in [1.82, 2.24) is 10.7 Å². The molecule has 5 heteroatoms. The average Bonchev–Trinajstić information content (AvgIpc) is 2.89. The highest BCUT2D eigenvalue weighted by atomic mass is 16.5. The molecule has 0 aliphatic carbocycles. The fourth-order valence-electron chi connectivity index (χ4n) is 2.45. The zero-order valence-corrected chi connectivity index (χ0v) is 9.91. The van der Waals surface area contributed by atoms with Crippen LogP contribution in [0.5, 0.6) is 0 Å². The molecule has 0 spiro atoms. The second-order valence-corrected chi connectivity index (χ2v) is 4.59. The van der Waals surface area contributed by atoms with Crippen LogP contribution in [0, 0.1) is 0 Å². The third-order valence-electron chi connectivity index (χ3n) is 3.35. The van der Waals surface area contributed by atoms with Crippen LogP contribution in [0.25, 0.3) is 0 Å². The van der Waals surface area contributed by atoms with Gasteiger partial charge in [0.1, 0.15) is 0 Å². The van der Waals surface area contributed by atoms with E-state index in [2.05, 4.69) is 22.7 Å². The minimum atomic E-state index is 0.356. The van der Waals surface area contributed by atoms with E-state index in [1.165, 1.54) is 6.42 Å². The van der Waals surface area contributed by atoms with Gasteiger partial charge in [-0.2, -0.15) is 0 Å². The van der Waals surface area contributed by atoms with Gasteiger partial charge in [0, 0.05) is 6.54 Å². The molecule has 3 atom stereocenters. The maximum atomic E-state index is 5.77. The lowest BCUT2D eigenvalue weighted by atomic mass is 9.96. The molecule has 2 saturated heterocycles. The van der Waals surface area contributed by atoms with Crippen molar-refractivity contribution in [3.8, 4) is 0 Å². The van der Waals surface area contributed by atoms with E-state index in [-0.39, 0.29) is 0 Å². The van der Waals surface area contributed by atoms with E-state index < -0.39 is 0 Å². The number of hydrazine groups is 1. The molecule has 2 heterocycles. The first-order chi connectivity index (χ1) is 7.83. The van der Waals surface area contributed by atoms with Crippen LogP contribution in [0.4, 0.5) is 0 Å². The number of aliphatic imine (C=N–C) groups is 1. The Kier molecular flexibility index (Phi) is 4.01. The standard InChI is InChI=1S/C11H22N4O/c1-2-3-6-13-11(15-12)14-9-7-8-4-5-10(9)16-8/h8-10H,2-7,12H2,1H3,(H2,13,14,15). The van der Waals surface area contributed by atoms with Gasteiger partial charge in [0.15, 0.2) is 0 Å². The number of hydrogen-bond donors (Lipinski definition) is 3. The van der Waals surface area contributed by atoms with Gasteiger partial charge in [0.05, 0.1) is 18.2 Å². The summed E-state index contributed by atoms with van der Waals surface area (Å²) in [4.78, 5) is 4.39. The maximum Gasteiger partial charge on any atom is 0.206 e. The van der Waals surface area contributed by atoms with Crippen molar-refractivity contribution in [2.24, 2.45) is 10.8 Å². The summed E-state index contributed by atoms with van der Waals surface area (Å²) in [5, 5.41) is 3.34. The van der Waals surface area contributed by atoms with E-state index in [0.29, 0.717) is 24.2 Å². The maximum absolute atomic E-state index is 5.77. The lowest BCUT2D eigenvalue weighted by Crippen LogP contribution is -2.49. The second-order valence-electron chi connectivity index (χ2n) is 4.59. The Morgan fingerprint density at radius 1 is 1.50 bits per heavy atom. The zero-order chi connectivity index (χ0) is 11.4. The van der Waals surface area contributed by atoms with Gasteiger partial charge >= 0.3 is 0 Å². The molecular formula is C11H22N4O. The minimum absolute atomic E-state index is 0.356. The predicted octanol–water partition coefficient (Wildman–Crippen LogP) is 0.515. The lowest BCUT2D eigenvalue weighted by Gasteiger charge is -2.21. The van der Waals surface area contributed by atoms with E-state index in [9.17, 15) is 0 Å². The largest absolute Gasteiger partial charge is 0.373 e. The van der Waals surface area contributed by atoms with Gasteiger partial charge in [-0.1, -0.05) is 13.3 Å². The van der Waals surface area contributed by atoms with Crippen LogP contribution in [-0.4, -0.2) is 30.8 Å². The van der Waals surface area contributed by atoms with Gasteiger partial charge in [-0.05, 0) is 25.7 Å². The molecular weight excluding hydrogens is 204 g/mol. The summed E-state index contributed by atoms with van der Waals surface area (Å²) >= 11 is 0. The SMILES string of the molecule is CCCCN=C(NN)NC1CC2CCC1O2. The highest BCUT2D eigenvalue weighted by Gasteiger charge is 2.40. The van der Waals surface area contributed by atoms with Gasteiger partial charge in [-0.3, -0.25) is 10.4 Å². The summed E-state index contributed by atoms with van der Waals surface area (Å²) in [6, 6.07) is 0.384. The van der Waals surface area contributed by atoms with Crippen LogP contribution in [0.3, 0.4) is 0 Å². The smallest absolute Gasteiger partial charge is 0.206 e. The summed E-state index contributed by atoms with van der Waals surface area (Å²) in [7, 11) is 0. The first kappa shape index (κ1) is 11.7. The monoisotopic (exact) mass is 226 g/mol. The highest BCUT2D eigenvalue weighted by Crippen LogP contribution is 2.34. The Morgan fingerprint density at radius 2 is 2.38 bits per heavy atom. The van der Waals surface area contributed by atoms with Crippen LogP contribution in [0.1, 0.15) is 39.0 Å². The molecule has 2 fully saturated rings. The molecule has 2 rings (SSSR count). The average molecular weight is 226 g/mol. The van der Waals surface area contributed by atoms with Crippen molar-refractivity contribution < 1.29 is 4.74 Å². The lowest BCUT2D eigenvalue weighted by molar-refractivity contribution is 0.0992. The molecule has 0 aromatic rings. The third kappa shape index (κ3) is 2.65. The first-order valence-corrected chi connectivity index (χ1v) is 6.26. The van der Waals surface area contributed by atoms with Crippen LogP contribution >= 0.6 is 0 Å². The number of nitrogens with two attached hydrogens (primary N) is 1. The predicted molar refractivity (Wildman–Crippen MR) is 64.0 cm³/mol. The number of nitrogens with one attached hydrogen (secondary N) is 2. The van der Waals surface area contributed by atoms with Crippen molar-refractivity contribution in [2.45, 2.75) is 57.3 Å². The topological polar surface area (TPSA) is 71.7 Å². The number of nitrogens with zero attached hydrogens (tertiary/aromatic N) is 1. The van der Waals surface area contributed by atoms with Gasteiger partial charge in [0.2, 0.25) is 5.96 Å². The number of rotatable bonds is 4. The fourth-order valence-corrected chi connectivity index (χ4v) is 2.45. The van der Waals surface area contributed by atoms with Crippen molar-refractivity contribution in [3.05, 3.63) is 0 Å². The number of hydrogen-bond acceptors (Lipinski definition) is 3. The Labute approximate surface area is 96.8 Å². The summed E-state index contributed by atoms with van der Waals surface area (Å²) in [5.41, 5.74) is 2.63. The van der Waals surface area contributed by atoms with Gasteiger partial charge in [-0.15, -0.1) is 0 Å². The summed E-state index contributed by atoms with van der Waals surface area (Å²) < 4.78 is 5.77. The van der Waals surface area contributed by atoms with Gasteiger partial charge in [0.25, 0.3) is 0 Å². The highest BCUT2D eigenvalue weighted by molar-refractivity contribution is 5.79. The molecule has 0 saturated carbocycles. The van der Waals surface area contributed by atoms with Gasteiger partial charge < -0.3 is 10.1 Å². The van der Waals surface area contributed by atoms with E-state index in [4.69, 9.17) is 10.6 Å². The minimum Gasteiger partial charge on any atom is -0.373 e. The Hall–Kier alpha value is -0.810. The van der Waals surface area contributed by atoms with Crippen molar-refractivity contribution in [3.63, 3.8) is 0 Å². The summed E-state index contributed by atoms with van der Waals surface area (Å²) in [5.74, 6) is 6.15. The van der Waals surface area contributed by atoms with Crippen LogP contribution in [0.2, 0.25) is 0 Å². The van der Waals surface area contributed by atoms with E-state index >= 15 is 0 Å². The van der Waals surface area contributed by atoms with Crippen LogP contribution in [0.15, 0.2) is 4.99 Å². The molecule has 4 N–H and O–H groups in total. The molecule has 3 unspecified atom stereocenters. The summed E-state index contributed by atoms with van der Waals surface area (Å²) in [6.45, 7) is 2.98. The molecule has 0 radical (unpaired) electrons. The molecule has 2 bridgehead atoms.